The summed E-state index contributed by atoms with van der Waals surface area (Å²) in [6.07, 6.45) is 1.69. The molecule has 3 heteroatoms. The smallest absolute Gasteiger partial charge is 0.0552 e. The van der Waals surface area contributed by atoms with Gasteiger partial charge in [0.25, 0.3) is 0 Å². The van der Waals surface area contributed by atoms with Crippen LogP contribution in [0.5, 0.6) is 0 Å². The lowest BCUT2D eigenvalue weighted by atomic mass is 9.96. The molecule has 2 rings (SSSR count). The zero-order valence-corrected chi connectivity index (χ0v) is 12.1. The molecule has 0 amide bonds. The number of aliphatic hydroxyl groups excluding tert-OH is 1. The van der Waals surface area contributed by atoms with Crippen molar-refractivity contribution in [1.82, 2.24) is 4.90 Å². The highest BCUT2D eigenvalue weighted by Crippen LogP contribution is 2.32. The predicted molar refractivity (Wildman–Crippen MR) is 74.4 cm³/mol. The summed E-state index contributed by atoms with van der Waals surface area (Å²) in [5.74, 6) is 0.648. The Bertz CT molecular complexity index is 392. The number of likely N-dealkylation sites (N-methyl/N-ethyl adjacent to an activating group) is 1. The molecule has 1 aliphatic rings. The molecule has 0 radical (unpaired) electrons. The van der Waals surface area contributed by atoms with E-state index in [1.54, 1.807) is 0 Å². The highest BCUT2D eigenvalue weighted by molar-refractivity contribution is 9.10. The van der Waals surface area contributed by atoms with Crippen LogP contribution in [0, 0.1) is 0 Å². The molecular weight excluding hydrogens is 278 g/mol. The molecule has 1 aromatic carbocycles. The van der Waals surface area contributed by atoms with Crippen molar-refractivity contribution in [3.8, 4) is 0 Å². The van der Waals surface area contributed by atoms with Crippen LogP contribution in [0.15, 0.2) is 22.7 Å². The summed E-state index contributed by atoms with van der Waals surface area (Å²) >= 11 is 3.67. The van der Waals surface area contributed by atoms with Crippen LogP contribution in [0.2, 0.25) is 0 Å². The average molecular weight is 298 g/mol. The van der Waals surface area contributed by atoms with Crippen molar-refractivity contribution >= 4 is 15.9 Å². The second kappa shape index (κ2) is 5.51. The van der Waals surface area contributed by atoms with Crippen molar-refractivity contribution in [3.05, 3.63) is 33.8 Å². The van der Waals surface area contributed by atoms with Crippen molar-refractivity contribution in [2.24, 2.45) is 0 Å². The number of rotatable bonds is 3. The van der Waals surface area contributed by atoms with E-state index in [4.69, 9.17) is 0 Å². The van der Waals surface area contributed by atoms with Gasteiger partial charge in [0.1, 0.15) is 0 Å². The monoisotopic (exact) mass is 297 g/mol. The second-order valence-corrected chi connectivity index (χ2v) is 6.01. The fourth-order valence-electron chi connectivity index (χ4n) is 2.56. The molecule has 1 fully saturated rings. The number of aliphatic hydroxyl groups is 1. The highest BCUT2D eigenvalue weighted by Gasteiger charge is 2.22. The van der Waals surface area contributed by atoms with Crippen LogP contribution >= 0.6 is 15.9 Å². The Hall–Kier alpha value is -0.380. The van der Waals surface area contributed by atoms with Gasteiger partial charge in [-0.3, -0.25) is 0 Å². The van der Waals surface area contributed by atoms with Gasteiger partial charge in [-0.25, -0.2) is 0 Å². The molecule has 0 spiro atoms. The molecule has 0 aromatic heterocycles. The van der Waals surface area contributed by atoms with Crippen LogP contribution in [0.4, 0.5) is 0 Å². The zero-order chi connectivity index (χ0) is 12.4. The van der Waals surface area contributed by atoms with E-state index in [1.165, 1.54) is 28.6 Å². The minimum absolute atomic E-state index is 0.273. The topological polar surface area (TPSA) is 23.5 Å². The third-order valence-corrected chi connectivity index (χ3v) is 4.11. The summed E-state index contributed by atoms with van der Waals surface area (Å²) in [5, 5.41) is 9.39. The molecule has 0 bridgehead atoms. The summed E-state index contributed by atoms with van der Waals surface area (Å²) in [7, 11) is 2.18. The van der Waals surface area contributed by atoms with Gasteiger partial charge in [0.2, 0.25) is 0 Å². The maximum atomic E-state index is 9.39. The molecule has 0 aliphatic carbocycles. The lowest BCUT2D eigenvalue weighted by Gasteiger charge is -2.14. The molecule has 0 saturated carbocycles. The summed E-state index contributed by atoms with van der Waals surface area (Å²) < 4.78 is 1.19. The molecule has 2 atom stereocenters. The van der Waals surface area contributed by atoms with Gasteiger partial charge in [-0.15, -0.1) is 0 Å². The van der Waals surface area contributed by atoms with E-state index in [1.807, 2.05) is 6.92 Å². The standard InChI is InChI=1S/C14H20BrNO/c1-10(17)7-11-3-4-13(14(15)8-11)12-5-6-16(2)9-12/h3-4,8,10,12,17H,5-7,9H2,1-2H3. The highest BCUT2D eigenvalue weighted by atomic mass is 79.9. The minimum Gasteiger partial charge on any atom is -0.393 e. The van der Waals surface area contributed by atoms with Crippen LogP contribution in [-0.4, -0.2) is 36.2 Å². The van der Waals surface area contributed by atoms with E-state index < -0.39 is 0 Å². The minimum atomic E-state index is -0.273. The Balaban J connectivity index is 2.14. The van der Waals surface area contributed by atoms with Crippen LogP contribution in [0.25, 0.3) is 0 Å². The molecule has 94 valence electrons. The number of hydrogen-bond acceptors (Lipinski definition) is 2. The van der Waals surface area contributed by atoms with Crippen LogP contribution in [0.3, 0.4) is 0 Å². The Labute approximate surface area is 112 Å². The van der Waals surface area contributed by atoms with Crippen LogP contribution < -0.4 is 0 Å². The average Bonchev–Trinajstić information content (AvgIpc) is 2.64. The van der Waals surface area contributed by atoms with Gasteiger partial charge in [-0.1, -0.05) is 28.1 Å². The van der Waals surface area contributed by atoms with Crippen molar-refractivity contribution in [2.75, 3.05) is 20.1 Å². The molecule has 17 heavy (non-hydrogen) atoms. The van der Waals surface area contributed by atoms with Gasteiger partial charge in [0.15, 0.2) is 0 Å². The van der Waals surface area contributed by atoms with Crippen LogP contribution in [0.1, 0.15) is 30.4 Å². The molecule has 1 N–H and O–H groups in total. The van der Waals surface area contributed by atoms with Crippen molar-refractivity contribution < 1.29 is 5.11 Å². The Morgan fingerprint density at radius 1 is 1.53 bits per heavy atom. The Morgan fingerprint density at radius 2 is 2.29 bits per heavy atom. The van der Waals surface area contributed by atoms with Crippen molar-refractivity contribution in [1.29, 1.82) is 0 Å². The van der Waals surface area contributed by atoms with E-state index in [9.17, 15) is 5.11 Å². The predicted octanol–water partition coefficient (Wildman–Crippen LogP) is 2.79. The fourth-order valence-corrected chi connectivity index (χ4v) is 3.31. The van der Waals surface area contributed by atoms with Gasteiger partial charge in [0.05, 0.1) is 6.10 Å². The Kier molecular flexibility index (Phi) is 4.23. The van der Waals surface area contributed by atoms with Gasteiger partial charge in [-0.2, -0.15) is 0 Å². The SMILES string of the molecule is CC(O)Cc1ccc(C2CCN(C)C2)c(Br)c1. The second-order valence-electron chi connectivity index (χ2n) is 5.16. The molecule has 2 unspecified atom stereocenters. The van der Waals surface area contributed by atoms with Crippen molar-refractivity contribution in [3.63, 3.8) is 0 Å². The lowest BCUT2D eigenvalue weighted by molar-refractivity contribution is 0.195. The Morgan fingerprint density at radius 3 is 2.82 bits per heavy atom. The summed E-state index contributed by atoms with van der Waals surface area (Å²) in [5.41, 5.74) is 2.60. The van der Waals surface area contributed by atoms with E-state index >= 15 is 0 Å². The fraction of sp³-hybridized carbons (Fsp3) is 0.571. The number of nitrogens with zero attached hydrogens (tertiary/aromatic N) is 1. The van der Waals surface area contributed by atoms with Gasteiger partial charge in [-0.05, 0) is 56.5 Å². The first kappa shape index (κ1) is 13.1. The normalized spacial score (nSPS) is 22.9. The molecular formula is C14H20BrNO. The first-order chi connectivity index (χ1) is 8.06. The van der Waals surface area contributed by atoms with E-state index in [-0.39, 0.29) is 6.10 Å². The third kappa shape index (κ3) is 3.30. The maximum absolute atomic E-state index is 9.39. The van der Waals surface area contributed by atoms with E-state index in [2.05, 4.69) is 46.1 Å². The van der Waals surface area contributed by atoms with Crippen molar-refractivity contribution in [2.45, 2.75) is 31.8 Å². The molecule has 1 heterocycles. The first-order valence-electron chi connectivity index (χ1n) is 6.21. The molecule has 1 aromatic rings. The van der Waals surface area contributed by atoms with Gasteiger partial charge >= 0.3 is 0 Å². The largest absolute Gasteiger partial charge is 0.393 e. The third-order valence-electron chi connectivity index (χ3n) is 3.43. The molecule has 1 aliphatic heterocycles. The molecule has 2 nitrogen and oxygen atoms in total. The number of halogens is 1. The van der Waals surface area contributed by atoms with E-state index in [0.717, 1.165) is 13.0 Å². The quantitative estimate of drug-likeness (QED) is 0.927. The summed E-state index contributed by atoms with van der Waals surface area (Å²) in [6.45, 7) is 4.16. The molecule has 1 saturated heterocycles. The van der Waals surface area contributed by atoms with E-state index in [0.29, 0.717) is 5.92 Å². The number of hydrogen-bond donors (Lipinski definition) is 1. The lowest BCUT2D eigenvalue weighted by Crippen LogP contribution is -2.13. The number of benzene rings is 1. The first-order valence-corrected chi connectivity index (χ1v) is 7.00. The van der Waals surface area contributed by atoms with Gasteiger partial charge in [0, 0.05) is 11.0 Å². The maximum Gasteiger partial charge on any atom is 0.0552 e. The van der Waals surface area contributed by atoms with Gasteiger partial charge < -0.3 is 10.0 Å². The number of likely N-dealkylation sites (tertiary alicyclic amines) is 1. The summed E-state index contributed by atoms with van der Waals surface area (Å²) in [4.78, 5) is 2.38. The van der Waals surface area contributed by atoms with Crippen LogP contribution in [-0.2, 0) is 6.42 Å². The summed E-state index contributed by atoms with van der Waals surface area (Å²) in [6, 6.07) is 6.51. The zero-order valence-electron chi connectivity index (χ0n) is 10.5.